The van der Waals surface area contributed by atoms with Crippen LogP contribution in [0.3, 0.4) is 0 Å². The summed E-state index contributed by atoms with van der Waals surface area (Å²) < 4.78 is 48.3. The van der Waals surface area contributed by atoms with E-state index >= 15 is 0 Å². The van der Waals surface area contributed by atoms with Crippen LogP contribution in [0.4, 0.5) is 0 Å². The van der Waals surface area contributed by atoms with E-state index in [-0.39, 0.29) is 44.1 Å². The van der Waals surface area contributed by atoms with E-state index in [1.54, 1.807) is 6.92 Å². The summed E-state index contributed by atoms with van der Waals surface area (Å²) in [5.74, 6) is 0.576. The van der Waals surface area contributed by atoms with Crippen LogP contribution in [0.15, 0.2) is 11.6 Å². The molecule has 1 saturated heterocycles. The van der Waals surface area contributed by atoms with Crippen molar-refractivity contribution in [1.29, 1.82) is 0 Å². The molecule has 12 nitrogen and oxygen atoms in total. The van der Waals surface area contributed by atoms with E-state index in [4.69, 9.17) is 37.9 Å². The number of esters is 1. The lowest BCUT2D eigenvalue weighted by atomic mass is 9.42. The summed E-state index contributed by atoms with van der Waals surface area (Å²) in [6.45, 7) is 13.4. The summed E-state index contributed by atoms with van der Waals surface area (Å²) in [6, 6.07) is 0. The van der Waals surface area contributed by atoms with Crippen LogP contribution < -0.4 is 0 Å². The molecule has 51 heavy (non-hydrogen) atoms. The summed E-state index contributed by atoms with van der Waals surface area (Å²) in [4.78, 5) is 12.2. The van der Waals surface area contributed by atoms with Crippen LogP contribution in [0.25, 0.3) is 0 Å². The zero-order valence-corrected chi connectivity index (χ0v) is 31.9. The SMILES string of the molecule is CCOCOC12CC[C@](O)(C3=CC(=O)OC3)[C@@]1(C)CC[C@H]1[C@H]2CC[C@@H]2C[C@@H](O[C@@H]3O[C@@H](C)[C@@](O)(COCC)[C@@H](OC)[C@@]3(O)COCC)CC[C@@]21C. The minimum atomic E-state index is -1.77. The summed E-state index contributed by atoms with van der Waals surface area (Å²) in [5.41, 5.74) is -5.10. The van der Waals surface area contributed by atoms with Crippen LogP contribution in [0, 0.1) is 28.6 Å². The topological polar surface area (TPSA) is 152 Å². The molecule has 0 spiro atoms. The van der Waals surface area contributed by atoms with E-state index in [1.165, 1.54) is 13.2 Å². The molecule has 4 aliphatic carbocycles. The van der Waals surface area contributed by atoms with E-state index in [1.807, 2.05) is 20.8 Å². The lowest BCUT2D eigenvalue weighted by molar-refractivity contribution is -0.386. The van der Waals surface area contributed by atoms with Crippen molar-refractivity contribution in [1.82, 2.24) is 0 Å². The maximum atomic E-state index is 12.5. The molecule has 13 atom stereocenters. The maximum Gasteiger partial charge on any atom is 0.331 e. The monoisotopic (exact) mass is 724 g/mol. The second-order valence-corrected chi connectivity index (χ2v) is 16.7. The number of fused-ring (bicyclic) bond motifs is 5. The zero-order chi connectivity index (χ0) is 36.9. The van der Waals surface area contributed by atoms with E-state index in [2.05, 4.69) is 13.8 Å². The molecule has 6 aliphatic rings. The van der Waals surface area contributed by atoms with Gasteiger partial charge in [-0.05, 0) is 109 Å². The van der Waals surface area contributed by atoms with E-state index in [0.29, 0.717) is 50.1 Å². The standard InChI is InChI=1S/C39H64O12/c1-8-45-22-36(41)25(4)50-33(37(42,23-46-9-2)32(36)44-7)51-28-13-15-34(5)26(19-28)11-12-30-29(34)14-16-35(6)38(43,27-20-31(40)48-21-27)17-18-39(30,35)49-24-47-10-3/h20,25-26,28-30,32-33,41-43H,8-19,21-24H2,1-7H3/t25-,26+,28-,29-,30+,32+,33-,34-,35+,36-,37-,38-,39?/m0/s1. The first-order chi connectivity index (χ1) is 24.2. The molecule has 3 N–H and O–H groups in total. The van der Waals surface area contributed by atoms with E-state index in [0.717, 1.165) is 44.9 Å². The highest BCUT2D eigenvalue weighted by atomic mass is 16.7. The minimum Gasteiger partial charge on any atom is -0.458 e. The Morgan fingerprint density at radius 2 is 1.57 bits per heavy atom. The molecule has 0 aromatic rings. The average Bonchev–Trinajstić information content (AvgIpc) is 3.65. The van der Waals surface area contributed by atoms with Gasteiger partial charge in [-0.2, -0.15) is 0 Å². The van der Waals surface area contributed by atoms with Gasteiger partial charge in [0.2, 0.25) is 0 Å². The van der Waals surface area contributed by atoms with Gasteiger partial charge in [0.25, 0.3) is 0 Å². The van der Waals surface area contributed by atoms with Crippen LogP contribution >= 0.6 is 0 Å². The number of hydrogen-bond donors (Lipinski definition) is 3. The fourth-order valence-corrected chi connectivity index (χ4v) is 11.8. The van der Waals surface area contributed by atoms with Gasteiger partial charge in [-0.3, -0.25) is 0 Å². The molecule has 5 fully saturated rings. The number of ether oxygens (including phenoxy) is 8. The predicted molar refractivity (Wildman–Crippen MR) is 185 cm³/mol. The second-order valence-electron chi connectivity index (χ2n) is 16.7. The van der Waals surface area contributed by atoms with Crippen LogP contribution in [0.2, 0.25) is 0 Å². The Bertz CT molecular complexity index is 1280. The molecule has 6 rings (SSSR count). The largest absolute Gasteiger partial charge is 0.458 e. The third kappa shape index (κ3) is 6.16. The van der Waals surface area contributed by atoms with Gasteiger partial charge in [-0.15, -0.1) is 0 Å². The number of cyclic esters (lactones) is 1. The lowest BCUT2D eigenvalue weighted by Gasteiger charge is -2.65. The van der Waals surface area contributed by atoms with Gasteiger partial charge in [0.05, 0.1) is 36.6 Å². The summed E-state index contributed by atoms with van der Waals surface area (Å²) in [5, 5.41) is 36.5. The number of carbonyl (C=O) groups is 1. The predicted octanol–water partition coefficient (Wildman–Crippen LogP) is 4.06. The molecule has 0 amide bonds. The Hall–Kier alpha value is -1.19. The Balaban J connectivity index is 1.22. The Labute approximate surface area is 303 Å². The van der Waals surface area contributed by atoms with Gasteiger partial charge in [0, 0.05) is 44.0 Å². The molecule has 2 aliphatic heterocycles. The molecule has 0 bridgehead atoms. The third-order valence-corrected chi connectivity index (χ3v) is 14.7. The summed E-state index contributed by atoms with van der Waals surface area (Å²) in [6.07, 6.45) is 5.87. The molecule has 0 aromatic carbocycles. The van der Waals surface area contributed by atoms with Gasteiger partial charge < -0.3 is 53.2 Å². The highest BCUT2D eigenvalue weighted by Crippen LogP contribution is 2.72. The molecule has 0 radical (unpaired) electrons. The Kier molecular flexibility index (Phi) is 11.5. The Morgan fingerprint density at radius 1 is 0.863 bits per heavy atom. The fraction of sp³-hybridized carbons (Fsp3) is 0.923. The van der Waals surface area contributed by atoms with E-state index < -0.39 is 52.3 Å². The molecule has 2 heterocycles. The first kappa shape index (κ1) is 39.5. The number of carbonyl (C=O) groups excluding carboxylic acids is 1. The first-order valence-corrected chi connectivity index (χ1v) is 19.5. The van der Waals surface area contributed by atoms with E-state index in [9.17, 15) is 20.1 Å². The van der Waals surface area contributed by atoms with Crippen LogP contribution in [0.5, 0.6) is 0 Å². The normalized spacial score (nSPS) is 48.1. The quantitative estimate of drug-likeness (QED) is 0.103. The number of methoxy groups -OCH3 is 1. The highest BCUT2D eigenvalue weighted by molar-refractivity contribution is 5.86. The smallest absolute Gasteiger partial charge is 0.331 e. The van der Waals surface area contributed by atoms with Crippen molar-refractivity contribution in [3.05, 3.63) is 11.6 Å². The van der Waals surface area contributed by atoms with Crippen LogP contribution in [-0.4, -0.2) is 122 Å². The first-order valence-electron chi connectivity index (χ1n) is 19.5. The molecule has 4 saturated carbocycles. The Morgan fingerprint density at radius 3 is 2.22 bits per heavy atom. The molecular weight excluding hydrogens is 660 g/mol. The van der Waals surface area contributed by atoms with Crippen molar-refractivity contribution in [3.63, 3.8) is 0 Å². The van der Waals surface area contributed by atoms with Crippen molar-refractivity contribution >= 4 is 5.97 Å². The minimum absolute atomic E-state index is 0.0215. The molecular formula is C39H64O12. The van der Waals surface area contributed by atoms with Crippen LogP contribution in [0.1, 0.15) is 99.3 Å². The zero-order valence-electron chi connectivity index (χ0n) is 31.9. The number of rotatable bonds is 14. The average molecular weight is 725 g/mol. The summed E-state index contributed by atoms with van der Waals surface area (Å²) in [7, 11) is 1.47. The molecule has 0 aromatic heterocycles. The third-order valence-electron chi connectivity index (χ3n) is 14.7. The number of hydrogen-bond acceptors (Lipinski definition) is 12. The van der Waals surface area contributed by atoms with Crippen molar-refractivity contribution in [2.75, 3.05) is 53.5 Å². The lowest BCUT2D eigenvalue weighted by Crippen LogP contribution is -2.75. The fourth-order valence-electron chi connectivity index (χ4n) is 11.8. The van der Waals surface area contributed by atoms with Gasteiger partial charge >= 0.3 is 5.97 Å². The van der Waals surface area contributed by atoms with Crippen LogP contribution in [-0.2, 0) is 42.7 Å². The highest BCUT2D eigenvalue weighted by Gasteiger charge is 2.74. The molecule has 1 unspecified atom stereocenters. The van der Waals surface area contributed by atoms with Crippen molar-refractivity contribution < 1.29 is 58.0 Å². The van der Waals surface area contributed by atoms with Crippen molar-refractivity contribution in [2.45, 2.75) is 146 Å². The molecule has 12 heteroatoms. The van der Waals surface area contributed by atoms with Gasteiger partial charge in [0.1, 0.15) is 25.1 Å². The summed E-state index contributed by atoms with van der Waals surface area (Å²) >= 11 is 0. The van der Waals surface area contributed by atoms with Gasteiger partial charge in [-0.1, -0.05) is 13.8 Å². The van der Waals surface area contributed by atoms with Gasteiger partial charge in [0.15, 0.2) is 11.9 Å². The maximum absolute atomic E-state index is 12.5. The number of aliphatic hydroxyl groups is 3. The van der Waals surface area contributed by atoms with Crippen molar-refractivity contribution in [3.8, 4) is 0 Å². The molecule has 292 valence electrons. The second kappa shape index (κ2) is 14.8. The van der Waals surface area contributed by atoms with Gasteiger partial charge in [-0.25, -0.2) is 4.79 Å². The van der Waals surface area contributed by atoms with Crippen molar-refractivity contribution in [2.24, 2.45) is 28.6 Å².